The van der Waals surface area contributed by atoms with Crippen LogP contribution in [0.2, 0.25) is 0 Å². The first-order valence-electron chi connectivity index (χ1n) is 10.4. The molecule has 31 heavy (non-hydrogen) atoms. The molecular weight excluding hydrogens is 392 g/mol. The van der Waals surface area contributed by atoms with Crippen molar-refractivity contribution < 1.29 is 14.3 Å². The van der Waals surface area contributed by atoms with Gasteiger partial charge in [0.15, 0.2) is 0 Å². The highest BCUT2D eigenvalue weighted by Gasteiger charge is 2.40. The van der Waals surface area contributed by atoms with Crippen LogP contribution in [0.1, 0.15) is 50.8 Å². The Morgan fingerprint density at radius 1 is 1.29 bits per heavy atom. The molecule has 2 aromatic rings. The first-order chi connectivity index (χ1) is 14.5. The molecule has 3 heterocycles. The number of hydrogen-bond donors (Lipinski definition) is 1. The van der Waals surface area contributed by atoms with Crippen molar-refractivity contribution >= 4 is 28.7 Å². The van der Waals surface area contributed by atoms with Crippen LogP contribution in [-0.4, -0.2) is 24.2 Å². The van der Waals surface area contributed by atoms with Crippen molar-refractivity contribution in [2.24, 2.45) is 5.41 Å². The molecule has 2 aliphatic heterocycles. The summed E-state index contributed by atoms with van der Waals surface area (Å²) in [6, 6.07) is 5.54. The van der Waals surface area contributed by atoms with E-state index in [9.17, 15) is 9.59 Å². The highest BCUT2D eigenvalue weighted by molar-refractivity contribution is 5.92. The number of rotatable bonds is 3. The Morgan fingerprint density at radius 3 is 2.71 bits per heavy atom. The number of anilines is 1. The molecule has 6 nitrogen and oxygen atoms in total. The van der Waals surface area contributed by atoms with E-state index < -0.39 is 17.2 Å². The lowest BCUT2D eigenvalue weighted by Crippen LogP contribution is -2.46. The zero-order valence-corrected chi connectivity index (χ0v) is 18.3. The molecule has 4 rings (SSSR count). The fourth-order valence-electron chi connectivity index (χ4n) is 4.77. The van der Waals surface area contributed by atoms with Gasteiger partial charge in [0.05, 0.1) is 5.56 Å². The van der Waals surface area contributed by atoms with Gasteiger partial charge in [-0.3, -0.25) is 0 Å². The van der Waals surface area contributed by atoms with Gasteiger partial charge in [0.25, 0.3) is 0 Å². The molecule has 0 atom stereocenters. The third kappa shape index (κ3) is 3.65. The molecule has 0 bridgehead atoms. The number of carboxylic acids is 1. The SMILES string of the molecule is CC1(C)Cc2c3c(cc4cc(C=CC=C(C#N)C(=O)O)c(=O)oc24)C(C)(C)CCN3C1. The van der Waals surface area contributed by atoms with E-state index in [2.05, 4.69) is 38.7 Å². The summed E-state index contributed by atoms with van der Waals surface area (Å²) in [5.74, 6) is -1.31. The monoisotopic (exact) mass is 418 g/mol. The van der Waals surface area contributed by atoms with Gasteiger partial charge in [-0.15, -0.1) is 0 Å². The predicted octanol–water partition coefficient (Wildman–Crippen LogP) is 4.41. The Labute approximate surface area is 181 Å². The summed E-state index contributed by atoms with van der Waals surface area (Å²) in [4.78, 5) is 26.1. The molecule has 0 amide bonds. The molecule has 2 aliphatic rings. The topological polar surface area (TPSA) is 94.5 Å². The van der Waals surface area contributed by atoms with Crippen LogP contribution < -0.4 is 10.5 Å². The first-order valence-corrected chi connectivity index (χ1v) is 10.4. The van der Waals surface area contributed by atoms with Crippen LogP contribution >= 0.6 is 0 Å². The number of aliphatic carboxylic acids is 1. The van der Waals surface area contributed by atoms with Crippen molar-refractivity contribution in [3.8, 4) is 6.07 Å². The van der Waals surface area contributed by atoms with Gasteiger partial charge in [0.1, 0.15) is 17.2 Å². The van der Waals surface area contributed by atoms with Gasteiger partial charge in [-0.2, -0.15) is 5.26 Å². The third-order valence-corrected chi connectivity index (χ3v) is 6.33. The lowest BCUT2D eigenvalue weighted by Gasteiger charge is -2.48. The summed E-state index contributed by atoms with van der Waals surface area (Å²) in [6.07, 6.45) is 5.94. The van der Waals surface area contributed by atoms with E-state index in [4.69, 9.17) is 14.8 Å². The van der Waals surface area contributed by atoms with Crippen molar-refractivity contribution in [3.05, 3.63) is 57.0 Å². The van der Waals surface area contributed by atoms with E-state index in [1.165, 1.54) is 29.5 Å². The maximum atomic E-state index is 12.7. The number of nitriles is 1. The maximum absolute atomic E-state index is 12.7. The minimum atomic E-state index is -1.31. The summed E-state index contributed by atoms with van der Waals surface area (Å²) in [5.41, 5.74) is 3.77. The lowest BCUT2D eigenvalue weighted by atomic mass is 9.71. The van der Waals surface area contributed by atoms with E-state index in [0.29, 0.717) is 11.1 Å². The summed E-state index contributed by atoms with van der Waals surface area (Å²) in [7, 11) is 0. The van der Waals surface area contributed by atoms with E-state index >= 15 is 0 Å². The minimum absolute atomic E-state index is 0.0221. The standard InChI is InChI=1S/C25H26N2O4/c1-24(2)12-18-20-19(25(3,4)8-9-27(20)14-24)11-17-10-15(23(30)31-21(17)18)6-5-7-16(13-26)22(28)29/h5-7,10-11H,8-9,12,14H2,1-4H3,(H,28,29). The number of carbonyl (C=O) groups is 1. The first kappa shape index (κ1) is 20.9. The van der Waals surface area contributed by atoms with E-state index in [-0.39, 0.29) is 10.8 Å². The fourth-order valence-corrected chi connectivity index (χ4v) is 4.77. The zero-order valence-electron chi connectivity index (χ0n) is 18.3. The van der Waals surface area contributed by atoms with Crippen LogP contribution in [0, 0.1) is 16.7 Å². The Hall–Kier alpha value is -3.33. The van der Waals surface area contributed by atoms with Gasteiger partial charge in [-0.1, -0.05) is 33.8 Å². The molecule has 0 saturated carbocycles. The molecule has 1 aromatic carbocycles. The van der Waals surface area contributed by atoms with E-state index in [0.717, 1.165) is 36.9 Å². The van der Waals surface area contributed by atoms with E-state index in [1.54, 1.807) is 12.1 Å². The van der Waals surface area contributed by atoms with Crippen molar-refractivity contribution in [2.75, 3.05) is 18.0 Å². The number of hydrogen-bond acceptors (Lipinski definition) is 5. The molecule has 0 fully saturated rings. The fraction of sp³-hybridized carbons (Fsp3) is 0.400. The third-order valence-electron chi connectivity index (χ3n) is 6.33. The molecule has 0 unspecified atom stereocenters. The molecular formula is C25H26N2O4. The largest absolute Gasteiger partial charge is 0.477 e. The smallest absolute Gasteiger partial charge is 0.346 e. The van der Waals surface area contributed by atoms with Gasteiger partial charge >= 0.3 is 11.6 Å². The summed E-state index contributed by atoms with van der Waals surface area (Å²) < 4.78 is 5.82. The number of carboxylic acid groups (broad SMARTS) is 1. The predicted molar refractivity (Wildman–Crippen MR) is 120 cm³/mol. The van der Waals surface area contributed by atoms with Gasteiger partial charge in [-0.05, 0) is 53.5 Å². The van der Waals surface area contributed by atoms with E-state index in [1.807, 2.05) is 0 Å². The molecule has 0 spiro atoms. The lowest BCUT2D eigenvalue weighted by molar-refractivity contribution is -0.132. The molecule has 0 saturated heterocycles. The highest BCUT2D eigenvalue weighted by Crippen LogP contribution is 2.49. The Bertz CT molecular complexity index is 1250. The van der Waals surface area contributed by atoms with Crippen molar-refractivity contribution in [3.63, 3.8) is 0 Å². The summed E-state index contributed by atoms with van der Waals surface area (Å²) >= 11 is 0. The van der Waals surface area contributed by atoms with Gasteiger partial charge in [-0.25, -0.2) is 9.59 Å². The molecule has 160 valence electrons. The second kappa shape index (κ2) is 7.12. The number of fused-ring (bicyclic) bond motifs is 2. The summed E-state index contributed by atoms with van der Waals surface area (Å²) in [6.45, 7) is 11.0. The van der Waals surface area contributed by atoms with Crippen LogP contribution in [0.15, 0.2) is 39.1 Å². The van der Waals surface area contributed by atoms with Gasteiger partial charge < -0.3 is 14.4 Å². The number of benzene rings is 1. The van der Waals surface area contributed by atoms with Gasteiger partial charge in [0.2, 0.25) is 0 Å². The normalized spacial score (nSPS) is 19.3. The second-order valence-corrected chi connectivity index (χ2v) is 9.91. The Morgan fingerprint density at radius 2 is 2.03 bits per heavy atom. The zero-order chi connectivity index (χ0) is 22.6. The maximum Gasteiger partial charge on any atom is 0.346 e. The van der Waals surface area contributed by atoms with Crippen LogP contribution in [-0.2, 0) is 16.6 Å². The molecule has 0 aliphatic carbocycles. The second-order valence-electron chi connectivity index (χ2n) is 9.91. The summed E-state index contributed by atoms with van der Waals surface area (Å²) in [5, 5.41) is 18.7. The molecule has 0 radical (unpaired) electrons. The van der Waals surface area contributed by atoms with Crippen LogP contribution in [0.4, 0.5) is 5.69 Å². The highest BCUT2D eigenvalue weighted by atomic mass is 16.4. The molecule has 6 heteroatoms. The van der Waals surface area contributed by atoms with Crippen molar-refractivity contribution in [1.29, 1.82) is 5.26 Å². The molecule has 1 N–H and O–H groups in total. The van der Waals surface area contributed by atoms with Crippen LogP contribution in [0.5, 0.6) is 0 Å². The number of nitrogens with zero attached hydrogens (tertiary/aromatic N) is 2. The van der Waals surface area contributed by atoms with Crippen LogP contribution in [0.3, 0.4) is 0 Å². The Kier molecular flexibility index (Phi) is 4.81. The Balaban J connectivity index is 1.91. The molecule has 1 aromatic heterocycles. The van der Waals surface area contributed by atoms with Crippen molar-refractivity contribution in [1.82, 2.24) is 0 Å². The van der Waals surface area contributed by atoms with Crippen molar-refractivity contribution in [2.45, 2.75) is 46.0 Å². The quantitative estimate of drug-likeness (QED) is 0.343. The van der Waals surface area contributed by atoms with Crippen LogP contribution in [0.25, 0.3) is 17.0 Å². The minimum Gasteiger partial charge on any atom is -0.477 e. The average molecular weight is 418 g/mol. The average Bonchev–Trinajstić information content (AvgIpc) is 2.67. The van der Waals surface area contributed by atoms with Gasteiger partial charge in [0, 0.05) is 29.7 Å². The number of allylic oxidation sites excluding steroid dienone is 2.